The number of nitrogens with zero attached hydrogens (tertiary/aromatic N) is 4. The SMILES string of the molecule is CSc1nc2c3c(nc(Cl)c(F)c3n1)OCCN2C1CC1. The zero-order valence-electron chi connectivity index (χ0n) is 11.3. The van der Waals surface area contributed by atoms with Crippen molar-refractivity contribution < 1.29 is 9.13 Å². The first kappa shape index (κ1) is 13.3. The monoisotopic (exact) mass is 326 g/mol. The molecular formula is C13H12ClFN4OS. The summed E-state index contributed by atoms with van der Waals surface area (Å²) in [7, 11) is 0. The lowest BCUT2D eigenvalue weighted by Crippen LogP contribution is -2.30. The molecule has 0 saturated heterocycles. The second kappa shape index (κ2) is 4.84. The number of pyridine rings is 1. The maximum Gasteiger partial charge on any atom is 0.228 e. The van der Waals surface area contributed by atoms with E-state index in [1.807, 2.05) is 6.26 Å². The fraction of sp³-hybridized carbons (Fsp3) is 0.462. The summed E-state index contributed by atoms with van der Waals surface area (Å²) in [4.78, 5) is 15.0. The Bertz CT molecular complexity index is 740. The zero-order valence-corrected chi connectivity index (χ0v) is 12.8. The van der Waals surface area contributed by atoms with E-state index in [0.29, 0.717) is 41.4 Å². The normalized spacial score (nSPS) is 17.8. The number of aromatic nitrogens is 3. The van der Waals surface area contributed by atoms with Gasteiger partial charge in [0, 0.05) is 6.04 Å². The molecule has 2 aromatic rings. The second-order valence-corrected chi connectivity index (χ2v) is 6.18. The molecule has 1 aliphatic heterocycles. The van der Waals surface area contributed by atoms with Gasteiger partial charge in [0.1, 0.15) is 23.3 Å². The van der Waals surface area contributed by atoms with E-state index >= 15 is 0 Å². The van der Waals surface area contributed by atoms with Crippen molar-refractivity contribution in [3.63, 3.8) is 0 Å². The van der Waals surface area contributed by atoms with Crippen LogP contribution in [0.5, 0.6) is 5.88 Å². The van der Waals surface area contributed by atoms with Crippen LogP contribution in [0.2, 0.25) is 5.15 Å². The van der Waals surface area contributed by atoms with E-state index in [1.54, 1.807) is 0 Å². The molecule has 0 unspecified atom stereocenters. The molecule has 0 bridgehead atoms. The van der Waals surface area contributed by atoms with Gasteiger partial charge in [0.25, 0.3) is 0 Å². The van der Waals surface area contributed by atoms with Crippen molar-refractivity contribution in [2.24, 2.45) is 0 Å². The first-order chi connectivity index (χ1) is 10.2. The Labute approximate surface area is 129 Å². The number of thioether (sulfide) groups is 1. The lowest BCUT2D eigenvalue weighted by molar-refractivity contribution is 0.318. The fourth-order valence-corrected chi connectivity index (χ4v) is 3.09. The van der Waals surface area contributed by atoms with Gasteiger partial charge < -0.3 is 9.64 Å². The summed E-state index contributed by atoms with van der Waals surface area (Å²) in [6.07, 6.45) is 4.11. The minimum Gasteiger partial charge on any atom is -0.475 e. The molecule has 1 fully saturated rings. The summed E-state index contributed by atoms with van der Waals surface area (Å²) >= 11 is 7.24. The van der Waals surface area contributed by atoms with Gasteiger partial charge in [-0.3, -0.25) is 0 Å². The van der Waals surface area contributed by atoms with Crippen LogP contribution in [0.1, 0.15) is 12.8 Å². The van der Waals surface area contributed by atoms with Crippen molar-refractivity contribution in [1.29, 1.82) is 0 Å². The molecule has 21 heavy (non-hydrogen) atoms. The van der Waals surface area contributed by atoms with Crippen molar-refractivity contribution in [1.82, 2.24) is 15.0 Å². The van der Waals surface area contributed by atoms with Crippen molar-refractivity contribution in [2.75, 3.05) is 24.3 Å². The Morgan fingerprint density at radius 3 is 2.86 bits per heavy atom. The molecule has 2 aliphatic rings. The summed E-state index contributed by atoms with van der Waals surface area (Å²) in [6.45, 7) is 1.19. The van der Waals surface area contributed by atoms with Crippen LogP contribution >= 0.6 is 23.4 Å². The summed E-state index contributed by atoms with van der Waals surface area (Å²) in [5, 5.41) is 0.838. The minimum absolute atomic E-state index is 0.187. The number of anilines is 1. The molecule has 0 aromatic carbocycles. The molecule has 0 spiro atoms. The lowest BCUT2D eigenvalue weighted by atomic mass is 10.2. The topological polar surface area (TPSA) is 51.1 Å². The average molecular weight is 327 g/mol. The molecule has 1 saturated carbocycles. The highest BCUT2D eigenvalue weighted by Crippen LogP contribution is 2.41. The molecule has 0 amide bonds. The molecule has 0 atom stereocenters. The maximum absolute atomic E-state index is 14.3. The van der Waals surface area contributed by atoms with Crippen LogP contribution in [0.15, 0.2) is 5.16 Å². The number of hydrogen-bond acceptors (Lipinski definition) is 6. The van der Waals surface area contributed by atoms with Gasteiger partial charge in [-0.25, -0.2) is 14.4 Å². The first-order valence-corrected chi connectivity index (χ1v) is 8.29. The van der Waals surface area contributed by atoms with Crippen LogP contribution in [0, 0.1) is 5.82 Å². The summed E-state index contributed by atoms with van der Waals surface area (Å²) in [5.74, 6) is 0.417. The van der Waals surface area contributed by atoms with Crippen LogP contribution in [0.4, 0.5) is 10.2 Å². The highest BCUT2D eigenvalue weighted by Gasteiger charge is 2.34. The predicted octanol–water partition coefficient (Wildman–Crippen LogP) is 2.90. The zero-order chi connectivity index (χ0) is 14.6. The van der Waals surface area contributed by atoms with Crippen LogP contribution < -0.4 is 9.64 Å². The van der Waals surface area contributed by atoms with Crippen LogP contribution in [-0.4, -0.2) is 40.4 Å². The van der Waals surface area contributed by atoms with Gasteiger partial charge in [0.05, 0.1) is 6.54 Å². The van der Waals surface area contributed by atoms with E-state index in [4.69, 9.17) is 16.3 Å². The van der Waals surface area contributed by atoms with Gasteiger partial charge in [0.2, 0.25) is 5.88 Å². The van der Waals surface area contributed by atoms with Gasteiger partial charge in [-0.05, 0) is 19.1 Å². The van der Waals surface area contributed by atoms with Crippen LogP contribution in [-0.2, 0) is 0 Å². The highest BCUT2D eigenvalue weighted by atomic mass is 35.5. The van der Waals surface area contributed by atoms with Gasteiger partial charge in [0.15, 0.2) is 16.1 Å². The largest absolute Gasteiger partial charge is 0.475 e. The van der Waals surface area contributed by atoms with Crippen molar-refractivity contribution >= 4 is 40.1 Å². The Morgan fingerprint density at radius 1 is 1.33 bits per heavy atom. The number of ether oxygens (including phenoxy) is 1. The van der Waals surface area contributed by atoms with E-state index in [9.17, 15) is 4.39 Å². The van der Waals surface area contributed by atoms with Crippen molar-refractivity contribution in [2.45, 2.75) is 24.0 Å². The smallest absolute Gasteiger partial charge is 0.228 e. The Morgan fingerprint density at radius 2 is 2.14 bits per heavy atom. The van der Waals surface area contributed by atoms with Crippen LogP contribution in [0.25, 0.3) is 10.9 Å². The third-order valence-corrected chi connectivity index (χ3v) is 4.48. The Hall–Kier alpha value is -1.34. The molecule has 110 valence electrons. The predicted molar refractivity (Wildman–Crippen MR) is 79.9 cm³/mol. The standard InChI is InChI=1S/C13H12ClFN4OS/c1-21-13-16-9-7-11(18-13)19(6-2-3-6)4-5-20-12(7)17-10(14)8(9)15/h6H,2-5H2,1H3. The fourth-order valence-electron chi connectivity index (χ4n) is 2.57. The van der Waals surface area contributed by atoms with E-state index < -0.39 is 5.82 Å². The molecular weight excluding hydrogens is 315 g/mol. The first-order valence-electron chi connectivity index (χ1n) is 6.69. The van der Waals surface area contributed by atoms with Crippen molar-refractivity contribution in [3.05, 3.63) is 11.0 Å². The number of halogens is 2. The van der Waals surface area contributed by atoms with E-state index in [-0.39, 0.29) is 10.7 Å². The summed E-state index contributed by atoms with van der Waals surface area (Å²) < 4.78 is 20.0. The van der Waals surface area contributed by atoms with Crippen molar-refractivity contribution in [3.8, 4) is 5.88 Å². The van der Waals surface area contributed by atoms with E-state index in [2.05, 4.69) is 19.9 Å². The van der Waals surface area contributed by atoms with Gasteiger partial charge in [-0.15, -0.1) is 0 Å². The lowest BCUT2D eigenvalue weighted by Gasteiger charge is -2.22. The molecule has 3 heterocycles. The molecule has 2 aromatic heterocycles. The Balaban J connectivity index is 2.07. The minimum atomic E-state index is -0.615. The Kier molecular flexibility index (Phi) is 3.08. The molecule has 0 N–H and O–H groups in total. The van der Waals surface area contributed by atoms with Crippen LogP contribution in [0.3, 0.4) is 0 Å². The highest BCUT2D eigenvalue weighted by molar-refractivity contribution is 7.98. The molecule has 8 heteroatoms. The molecule has 0 radical (unpaired) electrons. The molecule has 4 rings (SSSR count). The molecule has 5 nitrogen and oxygen atoms in total. The second-order valence-electron chi connectivity index (χ2n) is 5.05. The number of rotatable bonds is 2. The van der Waals surface area contributed by atoms with Gasteiger partial charge in [-0.1, -0.05) is 23.4 Å². The van der Waals surface area contributed by atoms with E-state index in [1.165, 1.54) is 11.8 Å². The summed E-state index contributed by atoms with van der Waals surface area (Å²) in [6, 6.07) is 0.450. The average Bonchev–Trinajstić information content (AvgIpc) is 3.31. The van der Waals surface area contributed by atoms with E-state index in [0.717, 1.165) is 12.8 Å². The third-order valence-electron chi connectivity index (χ3n) is 3.69. The van der Waals surface area contributed by atoms with Gasteiger partial charge >= 0.3 is 0 Å². The third kappa shape index (κ3) is 2.10. The van der Waals surface area contributed by atoms with Gasteiger partial charge in [-0.2, -0.15) is 4.98 Å². The summed E-state index contributed by atoms with van der Waals surface area (Å²) in [5.41, 5.74) is 0.187. The quantitative estimate of drug-likeness (QED) is 0.480. The number of hydrogen-bond donors (Lipinski definition) is 0. The molecule has 1 aliphatic carbocycles. The maximum atomic E-state index is 14.3.